The summed E-state index contributed by atoms with van der Waals surface area (Å²) in [4.78, 5) is 12.4. The number of aromatic nitrogens is 2. The molecule has 0 saturated carbocycles. The third-order valence-electron chi connectivity index (χ3n) is 3.78. The summed E-state index contributed by atoms with van der Waals surface area (Å²) in [7, 11) is 0. The molecule has 1 aromatic heterocycles. The Morgan fingerprint density at radius 2 is 1.88 bits per heavy atom. The van der Waals surface area contributed by atoms with E-state index in [1.807, 2.05) is 37.3 Å². The fourth-order valence-corrected chi connectivity index (χ4v) is 2.52. The second kappa shape index (κ2) is 7.68. The predicted octanol–water partition coefficient (Wildman–Crippen LogP) is 4.58. The Bertz CT molecular complexity index is 996. The van der Waals surface area contributed by atoms with Crippen LogP contribution in [0.5, 0.6) is 0 Å². The Morgan fingerprint density at radius 3 is 2.54 bits per heavy atom. The maximum atomic E-state index is 12.4. The minimum absolute atomic E-state index is 0.0188. The highest BCUT2D eigenvalue weighted by Gasteiger charge is 2.13. The zero-order chi connectivity index (χ0) is 18.5. The minimum atomic E-state index is -0.495. The summed E-state index contributed by atoms with van der Waals surface area (Å²) in [5.74, 6) is -0.495. The Labute approximate surface area is 155 Å². The highest BCUT2D eigenvalue weighted by Crippen LogP contribution is 2.24. The second-order valence-electron chi connectivity index (χ2n) is 5.70. The number of aryl methyl sites for hydroxylation is 1. The van der Waals surface area contributed by atoms with Gasteiger partial charge in [-0.15, -0.1) is 0 Å². The van der Waals surface area contributed by atoms with Crippen molar-refractivity contribution in [2.75, 3.05) is 5.32 Å². The lowest BCUT2D eigenvalue weighted by Crippen LogP contribution is -2.13. The lowest BCUT2D eigenvalue weighted by atomic mass is 10.0. The Balaban J connectivity index is 1.87. The first kappa shape index (κ1) is 17.5. The van der Waals surface area contributed by atoms with Crippen molar-refractivity contribution in [3.63, 3.8) is 0 Å². The maximum Gasteiger partial charge on any atom is 0.266 e. The van der Waals surface area contributed by atoms with Crippen molar-refractivity contribution in [2.45, 2.75) is 6.92 Å². The Morgan fingerprint density at radius 1 is 1.19 bits per heavy atom. The first-order valence-corrected chi connectivity index (χ1v) is 8.24. The van der Waals surface area contributed by atoms with Gasteiger partial charge in [0, 0.05) is 21.8 Å². The lowest BCUT2D eigenvalue weighted by Gasteiger charge is -2.05. The van der Waals surface area contributed by atoms with Gasteiger partial charge in [-0.2, -0.15) is 10.4 Å². The van der Waals surface area contributed by atoms with Gasteiger partial charge in [0.15, 0.2) is 0 Å². The van der Waals surface area contributed by atoms with E-state index in [1.165, 1.54) is 6.08 Å². The van der Waals surface area contributed by atoms with E-state index in [2.05, 4.69) is 15.5 Å². The van der Waals surface area contributed by atoms with E-state index in [9.17, 15) is 10.1 Å². The van der Waals surface area contributed by atoms with Crippen LogP contribution in [0.1, 0.15) is 11.1 Å². The van der Waals surface area contributed by atoms with Crippen molar-refractivity contribution >= 4 is 29.3 Å². The van der Waals surface area contributed by atoms with Crippen LogP contribution in [0.15, 0.2) is 60.3 Å². The predicted molar refractivity (Wildman–Crippen MR) is 102 cm³/mol. The number of hydrogen-bond acceptors (Lipinski definition) is 3. The molecule has 0 radical (unpaired) electrons. The van der Waals surface area contributed by atoms with Gasteiger partial charge in [0.25, 0.3) is 5.91 Å². The van der Waals surface area contributed by atoms with E-state index < -0.39 is 5.91 Å². The topological polar surface area (TPSA) is 81.6 Å². The van der Waals surface area contributed by atoms with Crippen LogP contribution in [0.25, 0.3) is 17.3 Å². The number of nitrogens with one attached hydrogen (secondary N) is 2. The summed E-state index contributed by atoms with van der Waals surface area (Å²) in [6.45, 7) is 2.01. The van der Waals surface area contributed by atoms with Gasteiger partial charge in [0.1, 0.15) is 11.6 Å². The van der Waals surface area contributed by atoms with Crippen molar-refractivity contribution in [3.8, 4) is 17.3 Å². The molecule has 0 aliphatic rings. The van der Waals surface area contributed by atoms with Gasteiger partial charge in [-0.1, -0.05) is 41.4 Å². The Hall–Kier alpha value is -3.36. The number of hydrogen-bond donors (Lipinski definition) is 2. The molecule has 26 heavy (non-hydrogen) atoms. The van der Waals surface area contributed by atoms with Crippen molar-refractivity contribution in [2.24, 2.45) is 0 Å². The first-order valence-electron chi connectivity index (χ1n) is 7.86. The number of carbonyl (C=O) groups is 1. The average molecular weight is 363 g/mol. The molecule has 0 aliphatic carbocycles. The highest BCUT2D eigenvalue weighted by atomic mass is 35.5. The summed E-state index contributed by atoms with van der Waals surface area (Å²) in [5.41, 5.74) is 4.02. The lowest BCUT2D eigenvalue weighted by molar-refractivity contribution is -0.112. The fraction of sp³-hybridized carbons (Fsp3) is 0.0500. The average Bonchev–Trinajstić information content (AvgIpc) is 3.10. The molecule has 2 N–H and O–H groups in total. The molecule has 6 heteroatoms. The molecule has 0 aliphatic heterocycles. The maximum absolute atomic E-state index is 12.4. The van der Waals surface area contributed by atoms with E-state index in [-0.39, 0.29) is 5.57 Å². The van der Waals surface area contributed by atoms with Crippen molar-refractivity contribution < 1.29 is 4.79 Å². The molecule has 0 bridgehead atoms. The summed E-state index contributed by atoms with van der Waals surface area (Å²) >= 11 is 5.83. The molecule has 0 saturated heterocycles. The van der Waals surface area contributed by atoms with E-state index in [0.29, 0.717) is 16.3 Å². The van der Waals surface area contributed by atoms with Crippen LogP contribution in [0.4, 0.5) is 5.69 Å². The number of anilines is 1. The molecule has 3 rings (SSSR count). The smallest absolute Gasteiger partial charge is 0.266 e. The van der Waals surface area contributed by atoms with Crippen LogP contribution in [-0.2, 0) is 4.79 Å². The first-order chi connectivity index (χ1) is 12.6. The summed E-state index contributed by atoms with van der Waals surface area (Å²) in [6, 6.07) is 16.5. The van der Waals surface area contributed by atoms with Gasteiger partial charge in [-0.3, -0.25) is 9.89 Å². The number of rotatable bonds is 4. The molecular weight excluding hydrogens is 348 g/mol. The van der Waals surface area contributed by atoms with Crippen molar-refractivity contribution in [1.82, 2.24) is 10.2 Å². The van der Waals surface area contributed by atoms with Crippen LogP contribution in [-0.4, -0.2) is 16.1 Å². The van der Waals surface area contributed by atoms with Crippen LogP contribution in [0.2, 0.25) is 5.02 Å². The SMILES string of the molecule is Cc1ccc(-c2[nH]ncc2/C=C(\C#N)C(=O)Nc2ccc(Cl)cc2)cc1. The summed E-state index contributed by atoms with van der Waals surface area (Å²) in [6.07, 6.45) is 3.10. The van der Waals surface area contributed by atoms with Crippen LogP contribution in [0, 0.1) is 18.3 Å². The molecule has 128 valence electrons. The molecule has 1 amide bonds. The number of aromatic amines is 1. The number of nitriles is 1. The molecule has 0 spiro atoms. The van der Waals surface area contributed by atoms with Crippen LogP contribution >= 0.6 is 11.6 Å². The van der Waals surface area contributed by atoms with Gasteiger partial charge < -0.3 is 5.32 Å². The molecule has 0 unspecified atom stereocenters. The summed E-state index contributed by atoms with van der Waals surface area (Å²) < 4.78 is 0. The monoisotopic (exact) mass is 362 g/mol. The quantitative estimate of drug-likeness (QED) is 0.526. The number of amides is 1. The number of benzene rings is 2. The van der Waals surface area contributed by atoms with E-state index in [1.54, 1.807) is 30.5 Å². The molecule has 3 aromatic rings. The number of halogens is 1. The Kier molecular flexibility index (Phi) is 5.16. The van der Waals surface area contributed by atoms with E-state index in [4.69, 9.17) is 11.6 Å². The number of H-pyrrole nitrogens is 1. The third-order valence-corrected chi connectivity index (χ3v) is 4.03. The normalized spacial score (nSPS) is 11.0. The van der Waals surface area contributed by atoms with Crippen molar-refractivity contribution in [1.29, 1.82) is 5.26 Å². The van der Waals surface area contributed by atoms with Gasteiger partial charge in [0.2, 0.25) is 0 Å². The van der Waals surface area contributed by atoms with E-state index >= 15 is 0 Å². The molecule has 0 atom stereocenters. The van der Waals surface area contributed by atoms with Crippen LogP contribution < -0.4 is 5.32 Å². The zero-order valence-electron chi connectivity index (χ0n) is 14.0. The van der Waals surface area contributed by atoms with Crippen molar-refractivity contribution in [3.05, 3.63) is 76.5 Å². The van der Waals surface area contributed by atoms with Crippen LogP contribution in [0.3, 0.4) is 0 Å². The number of nitrogens with zero attached hydrogens (tertiary/aromatic N) is 2. The largest absolute Gasteiger partial charge is 0.321 e. The highest BCUT2D eigenvalue weighted by molar-refractivity contribution is 6.30. The van der Waals surface area contributed by atoms with E-state index in [0.717, 1.165) is 16.8 Å². The van der Waals surface area contributed by atoms with Gasteiger partial charge in [-0.05, 0) is 37.3 Å². The zero-order valence-corrected chi connectivity index (χ0v) is 14.7. The third kappa shape index (κ3) is 4.00. The van der Waals surface area contributed by atoms with Gasteiger partial charge in [-0.25, -0.2) is 0 Å². The summed E-state index contributed by atoms with van der Waals surface area (Å²) in [5, 5.41) is 19.6. The molecular formula is C20H15ClN4O. The minimum Gasteiger partial charge on any atom is -0.321 e. The molecule has 1 heterocycles. The standard InChI is InChI=1S/C20H15ClN4O/c1-13-2-4-14(5-3-13)19-16(12-23-25-19)10-15(11-22)20(26)24-18-8-6-17(21)7-9-18/h2-10,12H,1H3,(H,23,25)(H,24,26)/b15-10+. The molecule has 0 fully saturated rings. The number of carbonyl (C=O) groups excluding carboxylic acids is 1. The second-order valence-corrected chi connectivity index (χ2v) is 6.13. The van der Waals surface area contributed by atoms with Gasteiger partial charge >= 0.3 is 0 Å². The molecule has 5 nitrogen and oxygen atoms in total. The fourth-order valence-electron chi connectivity index (χ4n) is 2.39. The van der Waals surface area contributed by atoms with Gasteiger partial charge in [0.05, 0.1) is 11.9 Å². The molecule has 2 aromatic carbocycles.